The number of carbonyl (C=O) groups is 1. The van der Waals surface area contributed by atoms with Crippen LogP contribution in [0.3, 0.4) is 0 Å². The number of ether oxygens (including phenoxy) is 1. The van der Waals surface area contributed by atoms with Gasteiger partial charge in [-0.25, -0.2) is 0 Å². The smallest absolute Gasteiger partial charge is 0.240 e. The van der Waals surface area contributed by atoms with Crippen LogP contribution in [-0.2, 0) is 4.79 Å². The number of methoxy groups -OCH3 is 1. The summed E-state index contributed by atoms with van der Waals surface area (Å²) in [5.74, 6) is 0.777. The quantitative estimate of drug-likeness (QED) is 0.705. The standard InChI is InChI=1S/C23H29N3O2/c1-5-22(19-7-9-21(28-4)10-8-19)25-16-23(27)26(12-6-11-24)20-14-17(2)13-18(3)15-20/h7-10,13-15,22,25H,5-6,12,16H2,1-4H3. The van der Waals surface area contributed by atoms with Crippen molar-refractivity contribution in [2.24, 2.45) is 0 Å². The van der Waals surface area contributed by atoms with Crippen LogP contribution in [0.5, 0.6) is 5.75 Å². The summed E-state index contributed by atoms with van der Waals surface area (Å²) in [4.78, 5) is 14.7. The largest absolute Gasteiger partial charge is 0.497 e. The fourth-order valence-electron chi connectivity index (χ4n) is 3.31. The van der Waals surface area contributed by atoms with Gasteiger partial charge in [0.15, 0.2) is 0 Å². The van der Waals surface area contributed by atoms with E-state index in [2.05, 4.69) is 24.4 Å². The van der Waals surface area contributed by atoms with E-state index in [9.17, 15) is 4.79 Å². The van der Waals surface area contributed by atoms with E-state index in [1.807, 2.05) is 50.2 Å². The molecule has 0 heterocycles. The fourth-order valence-corrected chi connectivity index (χ4v) is 3.31. The van der Waals surface area contributed by atoms with Crippen molar-refractivity contribution in [2.75, 3.05) is 25.1 Å². The molecule has 28 heavy (non-hydrogen) atoms. The molecule has 0 spiro atoms. The van der Waals surface area contributed by atoms with Crippen molar-refractivity contribution in [3.8, 4) is 11.8 Å². The predicted molar refractivity (Wildman–Crippen MR) is 113 cm³/mol. The Morgan fingerprint density at radius 1 is 1.18 bits per heavy atom. The fraction of sp³-hybridized carbons (Fsp3) is 0.391. The van der Waals surface area contributed by atoms with E-state index in [0.717, 1.165) is 34.5 Å². The number of hydrogen-bond donors (Lipinski definition) is 1. The third-order valence-electron chi connectivity index (χ3n) is 4.69. The second-order valence-corrected chi connectivity index (χ2v) is 6.91. The van der Waals surface area contributed by atoms with Gasteiger partial charge in [0.05, 0.1) is 26.1 Å². The predicted octanol–water partition coefficient (Wildman–Crippen LogP) is 4.30. The number of carbonyl (C=O) groups excluding carboxylic acids is 1. The molecule has 0 radical (unpaired) electrons. The van der Waals surface area contributed by atoms with Gasteiger partial charge in [-0.3, -0.25) is 4.79 Å². The summed E-state index contributed by atoms with van der Waals surface area (Å²) in [6.45, 7) is 6.71. The SMILES string of the molecule is CCC(NCC(=O)N(CCC#N)c1cc(C)cc(C)c1)c1ccc(OC)cc1. The van der Waals surface area contributed by atoms with Gasteiger partial charge in [-0.05, 0) is 61.2 Å². The van der Waals surface area contributed by atoms with E-state index in [0.29, 0.717) is 13.0 Å². The van der Waals surface area contributed by atoms with Crippen molar-refractivity contribution in [1.29, 1.82) is 5.26 Å². The molecule has 2 rings (SSSR count). The van der Waals surface area contributed by atoms with Crippen LogP contribution in [0.15, 0.2) is 42.5 Å². The van der Waals surface area contributed by atoms with Crippen LogP contribution in [0.2, 0.25) is 0 Å². The van der Waals surface area contributed by atoms with Crippen molar-refractivity contribution in [3.05, 3.63) is 59.2 Å². The van der Waals surface area contributed by atoms with Crippen LogP contribution in [0, 0.1) is 25.2 Å². The molecule has 0 saturated heterocycles. The minimum Gasteiger partial charge on any atom is -0.497 e. The maximum absolute atomic E-state index is 13.0. The Balaban J connectivity index is 2.11. The first-order valence-electron chi connectivity index (χ1n) is 9.61. The number of nitrogens with zero attached hydrogens (tertiary/aromatic N) is 2. The number of amides is 1. The molecule has 1 unspecified atom stereocenters. The second kappa shape index (κ2) is 10.5. The molecule has 2 aromatic rings. The first-order valence-corrected chi connectivity index (χ1v) is 9.61. The molecule has 1 amide bonds. The molecule has 1 atom stereocenters. The molecule has 0 aromatic heterocycles. The third-order valence-corrected chi connectivity index (χ3v) is 4.69. The molecular weight excluding hydrogens is 350 g/mol. The van der Waals surface area contributed by atoms with Gasteiger partial charge in [0, 0.05) is 18.3 Å². The lowest BCUT2D eigenvalue weighted by molar-refractivity contribution is -0.117. The van der Waals surface area contributed by atoms with E-state index < -0.39 is 0 Å². The maximum atomic E-state index is 13.0. The van der Waals surface area contributed by atoms with Crippen molar-refractivity contribution >= 4 is 11.6 Å². The zero-order chi connectivity index (χ0) is 20.5. The molecule has 1 N–H and O–H groups in total. The highest BCUT2D eigenvalue weighted by Crippen LogP contribution is 2.22. The molecule has 0 aliphatic rings. The molecule has 0 aliphatic carbocycles. The minimum atomic E-state index is -0.0350. The zero-order valence-corrected chi connectivity index (χ0v) is 17.2. The number of benzene rings is 2. The average Bonchev–Trinajstić information content (AvgIpc) is 2.68. The monoisotopic (exact) mass is 379 g/mol. The topological polar surface area (TPSA) is 65.4 Å². The zero-order valence-electron chi connectivity index (χ0n) is 17.2. The van der Waals surface area contributed by atoms with Crippen molar-refractivity contribution in [3.63, 3.8) is 0 Å². The van der Waals surface area contributed by atoms with E-state index in [1.165, 1.54) is 0 Å². The highest BCUT2D eigenvalue weighted by molar-refractivity contribution is 5.95. The Kier molecular flexibility index (Phi) is 8.03. The summed E-state index contributed by atoms with van der Waals surface area (Å²) in [7, 11) is 1.64. The average molecular weight is 380 g/mol. The first-order chi connectivity index (χ1) is 13.5. The lowest BCUT2D eigenvalue weighted by atomic mass is 10.0. The number of aryl methyl sites for hydroxylation is 2. The lowest BCUT2D eigenvalue weighted by Crippen LogP contribution is -2.40. The summed E-state index contributed by atoms with van der Waals surface area (Å²) < 4.78 is 5.21. The highest BCUT2D eigenvalue weighted by Gasteiger charge is 2.18. The first kappa shape index (κ1) is 21.5. The number of rotatable bonds is 9. The Labute approximate surface area is 167 Å². The van der Waals surface area contributed by atoms with Crippen LogP contribution in [0.25, 0.3) is 0 Å². The number of anilines is 1. The second-order valence-electron chi connectivity index (χ2n) is 6.91. The molecule has 148 valence electrons. The van der Waals surface area contributed by atoms with E-state index >= 15 is 0 Å². The van der Waals surface area contributed by atoms with Crippen molar-refractivity contribution < 1.29 is 9.53 Å². The summed E-state index contributed by atoms with van der Waals surface area (Å²) in [6.07, 6.45) is 1.16. The number of hydrogen-bond acceptors (Lipinski definition) is 4. The highest BCUT2D eigenvalue weighted by atomic mass is 16.5. The minimum absolute atomic E-state index is 0.0350. The van der Waals surface area contributed by atoms with Gasteiger partial charge in [0.1, 0.15) is 5.75 Å². The Morgan fingerprint density at radius 3 is 2.36 bits per heavy atom. The molecule has 0 bridgehead atoms. The van der Waals surface area contributed by atoms with Crippen LogP contribution >= 0.6 is 0 Å². The van der Waals surface area contributed by atoms with Gasteiger partial charge in [-0.15, -0.1) is 0 Å². The summed E-state index contributed by atoms with van der Waals surface area (Å²) in [5, 5.41) is 12.4. The summed E-state index contributed by atoms with van der Waals surface area (Å²) in [6, 6.07) is 16.2. The van der Waals surface area contributed by atoms with Gasteiger partial charge in [-0.1, -0.05) is 25.1 Å². The molecule has 0 saturated carbocycles. The summed E-state index contributed by atoms with van der Waals surface area (Å²) >= 11 is 0. The molecule has 0 fully saturated rings. The molecule has 2 aromatic carbocycles. The van der Waals surface area contributed by atoms with Crippen LogP contribution in [-0.4, -0.2) is 26.1 Å². The normalized spacial score (nSPS) is 11.5. The van der Waals surface area contributed by atoms with Gasteiger partial charge >= 0.3 is 0 Å². The van der Waals surface area contributed by atoms with E-state index in [1.54, 1.807) is 12.0 Å². The Morgan fingerprint density at radius 2 is 1.82 bits per heavy atom. The molecule has 5 nitrogen and oxygen atoms in total. The lowest BCUT2D eigenvalue weighted by Gasteiger charge is -2.25. The van der Waals surface area contributed by atoms with Gasteiger partial charge in [0.2, 0.25) is 5.91 Å². The van der Waals surface area contributed by atoms with Crippen LogP contribution in [0.1, 0.15) is 42.5 Å². The third kappa shape index (κ3) is 5.83. The van der Waals surface area contributed by atoms with Crippen molar-refractivity contribution in [2.45, 2.75) is 39.7 Å². The van der Waals surface area contributed by atoms with Crippen LogP contribution in [0.4, 0.5) is 5.69 Å². The maximum Gasteiger partial charge on any atom is 0.240 e. The van der Waals surface area contributed by atoms with Gasteiger partial charge in [-0.2, -0.15) is 5.26 Å². The number of nitriles is 1. The van der Waals surface area contributed by atoms with E-state index in [-0.39, 0.29) is 18.5 Å². The summed E-state index contributed by atoms with van der Waals surface area (Å²) in [5.41, 5.74) is 4.16. The van der Waals surface area contributed by atoms with Gasteiger partial charge < -0.3 is 15.0 Å². The molecular formula is C23H29N3O2. The van der Waals surface area contributed by atoms with E-state index in [4.69, 9.17) is 10.00 Å². The number of nitrogens with one attached hydrogen (secondary N) is 1. The molecule has 5 heteroatoms. The van der Waals surface area contributed by atoms with Crippen molar-refractivity contribution in [1.82, 2.24) is 5.32 Å². The van der Waals surface area contributed by atoms with Gasteiger partial charge in [0.25, 0.3) is 0 Å². The Hall–Kier alpha value is -2.84. The Bertz CT molecular complexity index is 804. The molecule has 0 aliphatic heterocycles. The van der Waals surface area contributed by atoms with Crippen LogP contribution < -0.4 is 15.0 Å².